The fraction of sp³-hybridized carbons (Fsp3) is 0.286. The first kappa shape index (κ1) is 14.4. The minimum atomic E-state index is -0.936. The molecular weight excluding hydrogens is 352 g/mol. The molecule has 0 saturated heterocycles. The van der Waals surface area contributed by atoms with Crippen molar-refractivity contribution >= 4 is 21.5 Å². The van der Waals surface area contributed by atoms with E-state index in [2.05, 4.69) is 62.4 Å². The van der Waals surface area contributed by atoms with E-state index in [1.54, 1.807) is 0 Å². The molecular formula is C28H20O. The molecule has 0 saturated carbocycles. The molecule has 1 heteroatoms. The summed E-state index contributed by atoms with van der Waals surface area (Å²) < 4.78 is 0. The van der Waals surface area contributed by atoms with Gasteiger partial charge in [0, 0.05) is 16.5 Å². The Hall–Kier alpha value is -2.64. The van der Waals surface area contributed by atoms with E-state index in [4.69, 9.17) is 0 Å². The summed E-state index contributed by atoms with van der Waals surface area (Å²) in [6.45, 7) is 4.68. The number of hydrogen-bond acceptors (Lipinski definition) is 1. The van der Waals surface area contributed by atoms with Gasteiger partial charge in [-0.05, 0) is 85.1 Å². The maximum atomic E-state index is 13.1. The molecule has 0 amide bonds. The highest BCUT2D eigenvalue weighted by molar-refractivity contribution is 6.11. The Bertz CT molecular complexity index is 1450. The smallest absolute Gasteiger partial charge is 0.132 e. The Kier molecular flexibility index (Phi) is 1.80. The lowest BCUT2D eigenvalue weighted by atomic mass is 9.27. The van der Waals surface area contributed by atoms with Gasteiger partial charge in [-0.25, -0.2) is 0 Å². The monoisotopic (exact) mass is 372 g/mol. The van der Waals surface area contributed by atoms with Crippen molar-refractivity contribution in [3.8, 4) is 11.1 Å². The minimum absolute atomic E-state index is 0.0325. The fourth-order valence-electron chi connectivity index (χ4n) is 9.06. The Morgan fingerprint density at radius 2 is 1.24 bits per heavy atom. The van der Waals surface area contributed by atoms with Crippen LogP contribution >= 0.6 is 0 Å². The topological polar surface area (TPSA) is 20.2 Å². The maximum absolute atomic E-state index is 13.1. The average molecular weight is 372 g/mol. The van der Waals surface area contributed by atoms with Crippen molar-refractivity contribution in [2.75, 3.05) is 0 Å². The average Bonchev–Trinajstić information content (AvgIpc) is 2.79. The third-order valence-corrected chi connectivity index (χ3v) is 9.72. The molecule has 11 bridgehead atoms. The first-order chi connectivity index (χ1) is 14.2. The van der Waals surface area contributed by atoms with Crippen molar-refractivity contribution in [1.29, 1.82) is 0 Å². The summed E-state index contributed by atoms with van der Waals surface area (Å²) in [6.07, 6.45) is 2.30. The van der Waals surface area contributed by atoms with E-state index in [-0.39, 0.29) is 10.8 Å². The molecule has 0 fully saturated rings. The van der Waals surface area contributed by atoms with Crippen molar-refractivity contribution in [3.05, 3.63) is 81.9 Å². The fourth-order valence-corrected chi connectivity index (χ4v) is 9.06. The lowest BCUT2D eigenvalue weighted by Crippen LogP contribution is -2.76. The van der Waals surface area contributed by atoms with Crippen molar-refractivity contribution in [2.45, 2.75) is 43.1 Å². The zero-order chi connectivity index (χ0) is 19.1. The number of aliphatic hydroxyl groups is 1. The number of fused-ring (bicyclic) bond motifs is 1. The highest BCUT2D eigenvalue weighted by atomic mass is 16.3. The van der Waals surface area contributed by atoms with Gasteiger partial charge in [0.25, 0.3) is 0 Å². The molecule has 0 unspecified atom stereocenters. The van der Waals surface area contributed by atoms with E-state index in [1.807, 2.05) is 0 Å². The van der Waals surface area contributed by atoms with Gasteiger partial charge < -0.3 is 5.11 Å². The van der Waals surface area contributed by atoms with Crippen LogP contribution in [0.25, 0.3) is 32.7 Å². The van der Waals surface area contributed by atoms with Gasteiger partial charge in [0.2, 0.25) is 0 Å². The zero-order valence-corrected chi connectivity index (χ0v) is 16.6. The highest BCUT2D eigenvalue weighted by Crippen LogP contribution is 2.85. The summed E-state index contributed by atoms with van der Waals surface area (Å²) in [5, 5.41) is 18.2. The number of rotatable bonds is 3. The first-order valence-corrected chi connectivity index (χ1v) is 11.1. The van der Waals surface area contributed by atoms with Gasteiger partial charge >= 0.3 is 0 Å². The summed E-state index contributed by atoms with van der Waals surface area (Å²) in [4.78, 5) is 0. The molecule has 0 atom stereocenters. The van der Waals surface area contributed by atoms with Crippen LogP contribution in [0.4, 0.5) is 0 Å². The summed E-state index contributed by atoms with van der Waals surface area (Å²) >= 11 is 0. The third kappa shape index (κ3) is 0.909. The number of benzene rings is 4. The molecule has 0 aliphatic heterocycles. The molecule has 1 spiro atoms. The number of hydrogen-bond donors (Lipinski definition) is 1. The van der Waals surface area contributed by atoms with E-state index < -0.39 is 5.60 Å². The lowest BCUT2D eigenvalue weighted by molar-refractivity contribution is -0.0707. The molecule has 29 heavy (non-hydrogen) atoms. The molecule has 0 aromatic heterocycles. The normalized spacial score (nSPS) is 31.6. The molecule has 7 aliphatic carbocycles. The van der Waals surface area contributed by atoms with Crippen LogP contribution < -0.4 is 0 Å². The maximum Gasteiger partial charge on any atom is 0.132 e. The third-order valence-electron chi connectivity index (χ3n) is 9.72. The van der Waals surface area contributed by atoms with Crippen LogP contribution in [0.15, 0.2) is 48.5 Å². The van der Waals surface area contributed by atoms with Gasteiger partial charge in [0.15, 0.2) is 0 Å². The summed E-state index contributed by atoms with van der Waals surface area (Å²) in [5.41, 5.74) is 9.44. The predicted molar refractivity (Wildman–Crippen MR) is 116 cm³/mol. The van der Waals surface area contributed by atoms with Crippen molar-refractivity contribution in [3.63, 3.8) is 0 Å². The summed E-state index contributed by atoms with van der Waals surface area (Å²) in [7, 11) is 0. The Balaban J connectivity index is 1.67. The zero-order valence-electron chi connectivity index (χ0n) is 16.6. The highest BCUT2D eigenvalue weighted by Gasteiger charge is 2.84. The van der Waals surface area contributed by atoms with Gasteiger partial charge in [-0.2, -0.15) is 0 Å². The second-order valence-electron chi connectivity index (χ2n) is 10.00. The van der Waals surface area contributed by atoms with Crippen LogP contribution in [0.1, 0.15) is 60.1 Å². The van der Waals surface area contributed by atoms with Crippen LogP contribution in [0.3, 0.4) is 0 Å². The van der Waals surface area contributed by atoms with Gasteiger partial charge in [-0.15, -0.1) is 0 Å². The molecule has 1 N–H and O–H groups in total. The van der Waals surface area contributed by atoms with Gasteiger partial charge in [0.05, 0.1) is 5.41 Å². The molecule has 4 aromatic carbocycles. The molecule has 11 rings (SSSR count). The van der Waals surface area contributed by atoms with Crippen molar-refractivity contribution in [2.24, 2.45) is 5.92 Å². The molecule has 138 valence electrons. The Morgan fingerprint density at radius 1 is 0.724 bits per heavy atom. The molecule has 1 nitrogen and oxygen atoms in total. The quantitative estimate of drug-likeness (QED) is 0.477. The summed E-state index contributed by atoms with van der Waals surface area (Å²) in [5.74, 6) is 0.553. The van der Waals surface area contributed by atoms with E-state index >= 15 is 0 Å². The Morgan fingerprint density at radius 3 is 1.72 bits per heavy atom. The van der Waals surface area contributed by atoms with Crippen LogP contribution in [0.5, 0.6) is 0 Å². The Labute approximate surface area is 169 Å². The van der Waals surface area contributed by atoms with Crippen LogP contribution in [0.2, 0.25) is 0 Å². The summed E-state index contributed by atoms with van der Waals surface area (Å²) in [6, 6.07) is 18.9. The van der Waals surface area contributed by atoms with Crippen molar-refractivity contribution in [1.82, 2.24) is 0 Å². The molecule has 0 heterocycles. The van der Waals surface area contributed by atoms with Crippen LogP contribution in [-0.2, 0) is 16.4 Å². The second-order valence-corrected chi connectivity index (χ2v) is 10.00. The van der Waals surface area contributed by atoms with E-state index in [0.29, 0.717) is 5.92 Å². The van der Waals surface area contributed by atoms with Crippen molar-refractivity contribution < 1.29 is 5.11 Å². The van der Waals surface area contributed by atoms with Crippen LogP contribution in [0, 0.1) is 5.92 Å². The SMILES string of the molecule is CCC(CC)C12c3cc4c5c6ccc4cc3C13c1cc4ccc-6c(c4cc12)C53O. The molecule has 4 aromatic rings. The first-order valence-electron chi connectivity index (χ1n) is 11.1. The van der Waals surface area contributed by atoms with Gasteiger partial charge in [-0.3, -0.25) is 0 Å². The second kappa shape index (κ2) is 3.63. The lowest BCUT2D eigenvalue weighted by Gasteiger charge is -2.74. The van der Waals surface area contributed by atoms with Gasteiger partial charge in [-0.1, -0.05) is 51.0 Å². The van der Waals surface area contributed by atoms with E-state index in [0.717, 1.165) is 12.8 Å². The largest absolute Gasteiger partial charge is 0.379 e. The minimum Gasteiger partial charge on any atom is -0.379 e. The predicted octanol–water partition coefficient (Wildman–Crippen LogP) is 5.87. The standard InChI is InChI=1S/C28H20O/c1-3-15(4-2)26-20-11-18-13-5-7-16-17-8-6-14-10-23-21(26)12-19(14)25(17)28(29,24(16)18)27(23,26)22(20)9-13/h5-12,15,29H,3-4H2,1-2H3. The van der Waals surface area contributed by atoms with E-state index in [9.17, 15) is 5.11 Å². The van der Waals surface area contributed by atoms with Gasteiger partial charge in [0.1, 0.15) is 5.60 Å². The van der Waals surface area contributed by atoms with Crippen LogP contribution in [-0.4, -0.2) is 5.11 Å². The molecule has 0 radical (unpaired) electrons. The molecule has 7 aliphatic rings. The van der Waals surface area contributed by atoms with E-state index in [1.165, 1.54) is 66.1 Å².